The predicted octanol–water partition coefficient (Wildman–Crippen LogP) is 8.08. The summed E-state index contributed by atoms with van der Waals surface area (Å²) in [5.74, 6) is -0.796. The minimum absolute atomic E-state index is 0.218. The standard InChI is InChI=1S/C13H9BrFNO.C7H4BrClO.C6H6FN/c14-10-3-1-9(2-4-10)13(17)16-12-7-5-11(15)6-8-12;8-6-3-1-5(2-4-6)7(9)10;7-5-1-3-6(8)4-2-5/h1-8H,(H,16,17);1-4H;1-4H,8H2. The molecular formula is C26H19Br2ClF2N2O2. The number of nitrogens with one attached hydrogen (secondary N) is 1. The van der Waals surface area contributed by atoms with Crippen molar-refractivity contribution in [3.8, 4) is 0 Å². The second-order valence-corrected chi connectivity index (χ2v) is 8.97. The Hall–Kier alpha value is -3.07. The van der Waals surface area contributed by atoms with Gasteiger partial charge in [0.25, 0.3) is 11.1 Å². The number of nitrogens with two attached hydrogens (primary N) is 1. The Morgan fingerprint density at radius 3 is 1.46 bits per heavy atom. The summed E-state index contributed by atoms with van der Waals surface area (Å²) >= 11 is 11.7. The van der Waals surface area contributed by atoms with Crippen LogP contribution in [-0.4, -0.2) is 11.1 Å². The molecule has 0 heterocycles. The largest absolute Gasteiger partial charge is 0.399 e. The van der Waals surface area contributed by atoms with Gasteiger partial charge in [-0.25, -0.2) is 8.78 Å². The van der Waals surface area contributed by atoms with E-state index >= 15 is 0 Å². The van der Waals surface area contributed by atoms with Gasteiger partial charge in [-0.2, -0.15) is 0 Å². The SMILES string of the molecule is Nc1ccc(F)cc1.O=C(Cl)c1ccc(Br)cc1.O=C(Nc1ccc(F)cc1)c1ccc(Br)cc1. The molecule has 0 aliphatic rings. The van der Waals surface area contributed by atoms with Crippen LogP contribution in [0, 0.1) is 11.6 Å². The van der Waals surface area contributed by atoms with E-state index in [0.29, 0.717) is 22.5 Å². The molecule has 4 aromatic rings. The molecule has 4 aromatic carbocycles. The second-order valence-electron chi connectivity index (χ2n) is 6.80. The molecule has 0 aromatic heterocycles. The van der Waals surface area contributed by atoms with E-state index in [4.69, 9.17) is 17.3 Å². The van der Waals surface area contributed by atoms with E-state index in [1.165, 1.54) is 48.5 Å². The molecule has 0 aliphatic heterocycles. The second kappa shape index (κ2) is 14.4. The normalized spacial score (nSPS) is 9.63. The molecule has 0 radical (unpaired) electrons. The molecule has 1 amide bonds. The zero-order chi connectivity index (χ0) is 25.8. The fraction of sp³-hybridized carbons (Fsp3) is 0. The lowest BCUT2D eigenvalue weighted by atomic mass is 10.2. The summed E-state index contributed by atoms with van der Waals surface area (Å²) in [6.45, 7) is 0. The van der Waals surface area contributed by atoms with E-state index in [1.54, 1.807) is 48.5 Å². The van der Waals surface area contributed by atoms with Gasteiger partial charge in [0.1, 0.15) is 11.6 Å². The van der Waals surface area contributed by atoms with Crippen LogP contribution in [0.4, 0.5) is 20.2 Å². The van der Waals surface area contributed by atoms with Crippen molar-refractivity contribution in [2.75, 3.05) is 11.1 Å². The molecule has 0 bridgehead atoms. The quantitative estimate of drug-likeness (QED) is 0.179. The number of carbonyl (C=O) groups excluding carboxylic acids is 2. The Bertz CT molecular complexity index is 1220. The summed E-state index contributed by atoms with van der Waals surface area (Å²) in [6, 6.07) is 25.2. The van der Waals surface area contributed by atoms with Gasteiger partial charge in [0, 0.05) is 31.4 Å². The highest BCUT2D eigenvalue weighted by Crippen LogP contribution is 2.14. The first kappa shape index (κ1) is 28.2. The first-order valence-electron chi connectivity index (χ1n) is 9.93. The first-order valence-corrected chi connectivity index (χ1v) is 11.9. The van der Waals surface area contributed by atoms with Gasteiger partial charge in [-0.3, -0.25) is 9.59 Å². The summed E-state index contributed by atoms with van der Waals surface area (Å²) in [6.07, 6.45) is 0. The molecule has 0 aliphatic carbocycles. The highest BCUT2D eigenvalue weighted by Gasteiger charge is 2.05. The number of nitrogen functional groups attached to an aromatic ring is 1. The van der Waals surface area contributed by atoms with Crippen LogP contribution < -0.4 is 11.1 Å². The highest BCUT2D eigenvalue weighted by molar-refractivity contribution is 9.10. The topological polar surface area (TPSA) is 72.2 Å². The minimum Gasteiger partial charge on any atom is -0.399 e. The van der Waals surface area contributed by atoms with Crippen molar-refractivity contribution in [2.45, 2.75) is 0 Å². The maximum Gasteiger partial charge on any atom is 0.255 e. The van der Waals surface area contributed by atoms with E-state index in [1.807, 2.05) is 0 Å². The van der Waals surface area contributed by atoms with Crippen LogP contribution >= 0.6 is 43.5 Å². The van der Waals surface area contributed by atoms with Crippen LogP contribution in [0.15, 0.2) is 106 Å². The zero-order valence-electron chi connectivity index (χ0n) is 18.0. The van der Waals surface area contributed by atoms with Crippen molar-refractivity contribution in [1.82, 2.24) is 0 Å². The molecule has 0 saturated heterocycles. The third-order valence-electron chi connectivity index (χ3n) is 4.15. The number of amides is 1. The Morgan fingerprint density at radius 2 is 1.06 bits per heavy atom. The molecule has 0 fully saturated rings. The Morgan fingerprint density at radius 1 is 0.657 bits per heavy atom. The third kappa shape index (κ3) is 10.8. The average Bonchev–Trinajstić information content (AvgIpc) is 2.84. The first-order chi connectivity index (χ1) is 16.6. The number of hydrogen-bond acceptors (Lipinski definition) is 3. The highest BCUT2D eigenvalue weighted by atomic mass is 79.9. The lowest BCUT2D eigenvalue weighted by Gasteiger charge is -2.05. The van der Waals surface area contributed by atoms with Crippen molar-refractivity contribution in [2.24, 2.45) is 0 Å². The molecule has 35 heavy (non-hydrogen) atoms. The van der Waals surface area contributed by atoms with Gasteiger partial charge in [-0.05, 0) is 109 Å². The number of anilines is 2. The van der Waals surface area contributed by atoms with Gasteiger partial charge in [0.2, 0.25) is 0 Å². The smallest absolute Gasteiger partial charge is 0.255 e. The van der Waals surface area contributed by atoms with Gasteiger partial charge in [0.05, 0.1) is 0 Å². The monoisotopic (exact) mass is 622 g/mol. The number of halogens is 5. The predicted molar refractivity (Wildman–Crippen MR) is 144 cm³/mol. The summed E-state index contributed by atoms with van der Waals surface area (Å²) in [7, 11) is 0. The summed E-state index contributed by atoms with van der Waals surface area (Å²) in [5, 5.41) is 2.26. The summed E-state index contributed by atoms with van der Waals surface area (Å²) in [5.41, 5.74) is 7.49. The third-order valence-corrected chi connectivity index (χ3v) is 5.43. The molecule has 4 rings (SSSR count). The number of benzene rings is 4. The minimum atomic E-state index is -0.424. The van der Waals surface area contributed by atoms with Crippen LogP contribution in [0.3, 0.4) is 0 Å². The van der Waals surface area contributed by atoms with Crippen LogP contribution in [-0.2, 0) is 0 Å². The molecule has 0 atom stereocenters. The van der Waals surface area contributed by atoms with Crippen molar-refractivity contribution < 1.29 is 18.4 Å². The van der Waals surface area contributed by atoms with E-state index in [9.17, 15) is 18.4 Å². The van der Waals surface area contributed by atoms with Crippen LogP contribution in [0.25, 0.3) is 0 Å². The fourth-order valence-electron chi connectivity index (χ4n) is 2.38. The van der Waals surface area contributed by atoms with Crippen molar-refractivity contribution >= 4 is 66.0 Å². The number of carbonyl (C=O) groups is 2. The summed E-state index contributed by atoms with van der Waals surface area (Å²) < 4.78 is 26.6. The molecule has 0 unspecified atom stereocenters. The molecule has 4 nitrogen and oxygen atoms in total. The Kier molecular flexibility index (Phi) is 11.6. The van der Waals surface area contributed by atoms with Gasteiger partial charge < -0.3 is 11.1 Å². The van der Waals surface area contributed by atoms with Crippen molar-refractivity contribution in [1.29, 1.82) is 0 Å². The van der Waals surface area contributed by atoms with Gasteiger partial charge in [-0.15, -0.1) is 0 Å². The molecule has 0 spiro atoms. The fourth-order valence-corrected chi connectivity index (χ4v) is 3.04. The lowest BCUT2D eigenvalue weighted by Crippen LogP contribution is -2.11. The van der Waals surface area contributed by atoms with Crippen LogP contribution in [0.2, 0.25) is 0 Å². The van der Waals surface area contributed by atoms with E-state index in [-0.39, 0.29) is 17.5 Å². The molecule has 9 heteroatoms. The Labute approximate surface area is 223 Å². The molecule has 180 valence electrons. The molecule has 3 N–H and O–H groups in total. The summed E-state index contributed by atoms with van der Waals surface area (Å²) in [4.78, 5) is 22.3. The van der Waals surface area contributed by atoms with Gasteiger partial charge >= 0.3 is 0 Å². The van der Waals surface area contributed by atoms with Crippen molar-refractivity contribution in [3.63, 3.8) is 0 Å². The van der Waals surface area contributed by atoms with Gasteiger partial charge in [-0.1, -0.05) is 31.9 Å². The van der Waals surface area contributed by atoms with Crippen molar-refractivity contribution in [3.05, 3.63) is 129 Å². The Balaban J connectivity index is 0.000000204. The number of rotatable bonds is 3. The van der Waals surface area contributed by atoms with E-state index in [0.717, 1.165) is 8.95 Å². The van der Waals surface area contributed by atoms with E-state index < -0.39 is 5.24 Å². The van der Waals surface area contributed by atoms with Crippen LogP contribution in [0.5, 0.6) is 0 Å². The van der Waals surface area contributed by atoms with Crippen LogP contribution in [0.1, 0.15) is 20.7 Å². The number of hydrogen-bond donors (Lipinski definition) is 2. The zero-order valence-corrected chi connectivity index (χ0v) is 21.9. The molecular weight excluding hydrogens is 606 g/mol. The maximum atomic E-state index is 12.7. The molecule has 0 saturated carbocycles. The average molecular weight is 625 g/mol. The van der Waals surface area contributed by atoms with Gasteiger partial charge in [0.15, 0.2) is 0 Å². The maximum absolute atomic E-state index is 12.7. The lowest BCUT2D eigenvalue weighted by molar-refractivity contribution is 0.102. The van der Waals surface area contributed by atoms with E-state index in [2.05, 4.69) is 37.2 Å².